The summed E-state index contributed by atoms with van der Waals surface area (Å²) in [5.74, 6) is 0. The Hall–Kier alpha value is -1.57. The van der Waals surface area contributed by atoms with Crippen molar-refractivity contribution in [1.29, 1.82) is 0 Å². The average molecular weight is 569 g/mol. The first-order chi connectivity index (χ1) is 16.9. The molecule has 0 amide bonds. The molecular formula is C26H22N2Na2O6S2. The maximum Gasteiger partial charge on any atom is 0.294 e. The largest absolute Gasteiger partial charge is 0.358 e. The number of nitrogens with one attached hydrogen (secondary N) is 1. The van der Waals surface area contributed by atoms with E-state index < -0.39 is 30.0 Å². The zero-order valence-corrected chi connectivity index (χ0v) is 26.9. The normalized spacial score (nSPS) is 17.2. The zero-order valence-electron chi connectivity index (χ0n) is 21.3. The summed E-state index contributed by atoms with van der Waals surface area (Å²) in [7, 11) is -10.2. The van der Waals surface area contributed by atoms with Crippen molar-refractivity contribution in [2.24, 2.45) is 0 Å². The summed E-state index contributed by atoms with van der Waals surface area (Å²) in [6.45, 7) is 2.80. The average Bonchev–Trinajstić information content (AvgIpc) is 2.82. The van der Waals surface area contributed by atoms with Gasteiger partial charge in [0.1, 0.15) is 4.91 Å². The molecule has 2 heterocycles. The van der Waals surface area contributed by atoms with E-state index in [4.69, 9.17) is 0 Å². The number of anilines is 1. The molecule has 2 radical (unpaired) electrons. The summed E-state index contributed by atoms with van der Waals surface area (Å²) in [4.78, 5) is 1.20. The number of benzene rings is 3. The van der Waals surface area contributed by atoms with Gasteiger partial charge in [0.25, 0.3) is 20.2 Å². The summed E-state index contributed by atoms with van der Waals surface area (Å²) >= 11 is 0. The van der Waals surface area contributed by atoms with Gasteiger partial charge in [-0.15, -0.1) is 0 Å². The fraction of sp³-hybridized carbons (Fsp3) is 0.115. The number of aromatic nitrogens is 1. The second-order valence-electron chi connectivity index (χ2n) is 8.74. The fourth-order valence-corrected chi connectivity index (χ4v) is 6.94. The van der Waals surface area contributed by atoms with Crippen molar-refractivity contribution in [3.63, 3.8) is 0 Å². The maximum atomic E-state index is 12.7. The molecule has 1 aromatic heterocycles. The summed E-state index contributed by atoms with van der Waals surface area (Å²) in [6, 6.07) is 23.2. The second-order valence-corrected chi connectivity index (χ2v) is 11.9. The van der Waals surface area contributed by atoms with Gasteiger partial charge < -0.3 is 5.32 Å². The third-order valence-electron chi connectivity index (χ3n) is 6.32. The third kappa shape index (κ3) is 5.27. The van der Waals surface area contributed by atoms with Crippen LogP contribution in [0.4, 0.5) is 5.69 Å². The molecule has 5 rings (SSSR count). The Morgan fingerprint density at radius 2 is 1.34 bits per heavy atom. The molecule has 4 aromatic rings. The molecule has 0 fully saturated rings. The van der Waals surface area contributed by atoms with E-state index in [0.29, 0.717) is 27.7 Å². The first-order valence-corrected chi connectivity index (χ1v) is 13.8. The van der Waals surface area contributed by atoms with Crippen LogP contribution in [-0.4, -0.2) is 94.9 Å². The van der Waals surface area contributed by atoms with Gasteiger partial charge in [-0.2, -0.15) is 16.8 Å². The van der Waals surface area contributed by atoms with Crippen LogP contribution >= 0.6 is 0 Å². The van der Waals surface area contributed by atoms with Crippen molar-refractivity contribution in [3.8, 4) is 11.1 Å². The van der Waals surface area contributed by atoms with Crippen molar-refractivity contribution in [2.75, 3.05) is 5.32 Å². The molecule has 0 saturated heterocycles. The zero-order chi connectivity index (χ0) is 25.9. The number of hydrogen-bond acceptors (Lipinski definition) is 6. The van der Waals surface area contributed by atoms with Crippen LogP contribution in [0.15, 0.2) is 83.8 Å². The molecule has 0 bridgehead atoms. The van der Waals surface area contributed by atoms with Crippen LogP contribution in [0.3, 0.4) is 0 Å². The minimum atomic E-state index is -5.12. The van der Waals surface area contributed by atoms with Crippen LogP contribution in [0.25, 0.3) is 27.6 Å². The Morgan fingerprint density at radius 3 is 1.87 bits per heavy atom. The molecule has 1 atom stereocenters. The monoisotopic (exact) mass is 568 g/mol. The molecule has 8 nitrogen and oxygen atoms in total. The van der Waals surface area contributed by atoms with Gasteiger partial charge in [-0.25, -0.2) is 0 Å². The van der Waals surface area contributed by atoms with Gasteiger partial charge in [-0.05, 0) is 36.6 Å². The van der Waals surface area contributed by atoms with Gasteiger partial charge in [0.2, 0.25) is 4.87 Å². The van der Waals surface area contributed by atoms with Gasteiger partial charge in [-0.1, -0.05) is 72.8 Å². The predicted octanol–water partition coefficient (Wildman–Crippen LogP) is 4.13. The molecule has 38 heavy (non-hydrogen) atoms. The first-order valence-electron chi connectivity index (χ1n) is 10.9. The smallest absolute Gasteiger partial charge is 0.294 e. The first kappa shape index (κ1) is 31.0. The molecule has 12 heteroatoms. The summed E-state index contributed by atoms with van der Waals surface area (Å²) in [5, 5.41) is 3.41. The summed E-state index contributed by atoms with van der Waals surface area (Å²) in [6.07, 6.45) is 0. The Kier molecular flexibility index (Phi) is 9.07. The Balaban J connectivity index is 0.00000200. The molecule has 3 aromatic carbocycles. The van der Waals surface area contributed by atoms with E-state index in [1.54, 1.807) is 49.4 Å². The van der Waals surface area contributed by atoms with Gasteiger partial charge >= 0.3 is 0 Å². The Bertz CT molecular complexity index is 1780. The van der Waals surface area contributed by atoms with Gasteiger partial charge in [0.15, 0.2) is 0 Å². The van der Waals surface area contributed by atoms with E-state index in [9.17, 15) is 25.9 Å². The molecule has 1 aliphatic heterocycles. The second kappa shape index (κ2) is 11.1. The molecule has 186 valence electrons. The van der Waals surface area contributed by atoms with Crippen molar-refractivity contribution in [1.82, 2.24) is 4.98 Å². The number of aryl methyl sites for hydroxylation is 1. The molecular weight excluding hydrogens is 546 g/mol. The number of pyridine rings is 1. The minimum absolute atomic E-state index is 0. The fourth-order valence-electron chi connectivity index (χ4n) is 4.72. The molecule has 0 saturated carbocycles. The summed E-state index contributed by atoms with van der Waals surface area (Å²) in [5.41, 5.74) is 3.65. The van der Waals surface area contributed by atoms with Crippen LogP contribution in [0.2, 0.25) is 0 Å². The molecule has 0 spiro atoms. The molecule has 3 N–H and O–H groups in total. The quantitative estimate of drug-likeness (QED) is 0.247. The standard InChI is InChI=1S/C26H22N2O6S2.2Na/c1-16-15-21(17-9-5-3-6-10-17)19-13-14-20-22(18-11-7-4-8-12-18)25(35(29,30)31)26(2,36(32,33)34)28-24(20)23(19)27-16;;/h3-15,28H,1-2H3,(H,29,30,31)(H,32,33,34);;. The third-order valence-corrected chi connectivity index (χ3v) is 8.92. The van der Waals surface area contributed by atoms with E-state index in [0.717, 1.165) is 18.1 Å². The van der Waals surface area contributed by atoms with Crippen LogP contribution in [0.1, 0.15) is 23.7 Å². The van der Waals surface area contributed by atoms with Crippen LogP contribution in [-0.2, 0) is 20.2 Å². The van der Waals surface area contributed by atoms with Gasteiger partial charge in [0, 0.05) is 81.3 Å². The number of hydrogen-bond donors (Lipinski definition) is 3. The number of fused-ring (bicyclic) bond motifs is 3. The SMILES string of the molecule is Cc1cc(-c2ccccc2)c2ccc3c(c2n1)NC(C)(S(=O)(=O)O)C(S(=O)(=O)O)=C3c1ccccc1.[Na].[Na]. The van der Waals surface area contributed by atoms with E-state index >= 15 is 0 Å². The number of nitrogens with zero attached hydrogens (tertiary/aromatic N) is 1. The van der Waals surface area contributed by atoms with E-state index in [-0.39, 0.29) is 70.4 Å². The van der Waals surface area contributed by atoms with Crippen molar-refractivity contribution in [3.05, 3.63) is 101 Å². The minimum Gasteiger partial charge on any atom is -0.358 e. The van der Waals surface area contributed by atoms with Crippen molar-refractivity contribution < 1.29 is 25.9 Å². The molecule has 1 unspecified atom stereocenters. The van der Waals surface area contributed by atoms with Gasteiger partial charge in [0.05, 0.1) is 11.2 Å². The van der Waals surface area contributed by atoms with Crippen molar-refractivity contribution >= 4 is 102 Å². The molecule has 0 aliphatic carbocycles. The Morgan fingerprint density at radius 1 is 0.789 bits per heavy atom. The van der Waals surface area contributed by atoms with Crippen LogP contribution in [0, 0.1) is 6.92 Å². The summed E-state index contributed by atoms with van der Waals surface area (Å²) < 4.78 is 71.2. The molecule has 1 aliphatic rings. The van der Waals surface area contributed by atoms with Gasteiger partial charge in [-0.3, -0.25) is 14.1 Å². The van der Waals surface area contributed by atoms with E-state index in [1.165, 1.54) is 0 Å². The Labute approximate surface area is 265 Å². The van der Waals surface area contributed by atoms with Crippen molar-refractivity contribution in [2.45, 2.75) is 18.7 Å². The van der Waals surface area contributed by atoms with E-state index in [1.807, 2.05) is 36.4 Å². The maximum absolute atomic E-state index is 12.7. The number of rotatable bonds is 4. The van der Waals surface area contributed by atoms with Crippen LogP contribution < -0.4 is 5.32 Å². The van der Waals surface area contributed by atoms with E-state index in [2.05, 4.69) is 10.3 Å². The predicted molar refractivity (Wildman–Crippen MR) is 151 cm³/mol. The van der Waals surface area contributed by atoms with Crippen LogP contribution in [0.5, 0.6) is 0 Å². The topological polar surface area (TPSA) is 134 Å².